The molecule has 3 nitrogen and oxygen atoms in total. The molecule has 2 rings (SSSR count). The summed E-state index contributed by atoms with van der Waals surface area (Å²) in [6.45, 7) is 1.98. The van der Waals surface area contributed by atoms with Crippen molar-refractivity contribution in [1.82, 2.24) is 5.32 Å². The monoisotopic (exact) mass is 287 g/mol. The third-order valence-corrected chi connectivity index (χ3v) is 4.05. The van der Waals surface area contributed by atoms with Crippen molar-refractivity contribution < 1.29 is 9.90 Å². The van der Waals surface area contributed by atoms with E-state index < -0.39 is 5.97 Å². The summed E-state index contributed by atoms with van der Waals surface area (Å²) in [6, 6.07) is 5.41. The summed E-state index contributed by atoms with van der Waals surface area (Å²) in [5.74, 6) is -1.01. The second-order valence-corrected chi connectivity index (χ2v) is 5.53. The van der Waals surface area contributed by atoms with Gasteiger partial charge in [-0.2, -0.15) is 0 Å². The topological polar surface area (TPSA) is 49.3 Å². The lowest BCUT2D eigenvalue weighted by atomic mass is 9.79. The average molecular weight is 288 g/mol. The lowest BCUT2D eigenvalue weighted by molar-refractivity contribution is -0.146. The standard InChI is InChI=1S/C13H15Cl2NO2/c1-7(9-3-2-8(14)6-11(9)15)16-12-5-4-10(12)13(17)18/h2-3,6-7,10,12,16H,4-5H2,1H3,(H,17,18). The van der Waals surface area contributed by atoms with Crippen LogP contribution in [-0.2, 0) is 4.79 Å². The molecule has 0 bridgehead atoms. The lowest BCUT2D eigenvalue weighted by Gasteiger charge is -2.36. The first-order chi connectivity index (χ1) is 8.49. The van der Waals surface area contributed by atoms with Crippen LogP contribution in [-0.4, -0.2) is 17.1 Å². The summed E-state index contributed by atoms with van der Waals surface area (Å²) in [6.07, 6.45) is 1.64. The smallest absolute Gasteiger partial charge is 0.308 e. The largest absolute Gasteiger partial charge is 0.481 e. The molecule has 1 aliphatic carbocycles. The highest BCUT2D eigenvalue weighted by Gasteiger charge is 2.37. The number of carboxylic acids is 1. The second-order valence-electron chi connectivity index (χ2n) is 4.68. The predicted octanol–water partition coefficient (Wildman–Crippen LogP) is 3.51. The Labute approximate surface area is 116 Å². The summed E-state index contributed by atoms with van der Waals surface area (Å²) in [5, 5.41) is 13.5. The Hall–Kier alpha value is -0.770. The minimum Gasteiger partial charge on any atom is -0.481 e. The van der Waals surface area contributed by atoms with Crippen LogP contribution in [0.5, 0.6) is 0 Å². The molecule has 1 aromatic carbocycles. The number of halogens is 2. The number of rotatable bonds is 4. The van der Waals surface area contributed by atoms with Crippen LogP contribution in [0.2, 0.25) is 10.0 Å². The maximum atomic E-state index is 10.9. The minimum absolute atomic E-state index is 0.0157. The fraction of sp³-hybridized carbons (Fsp3) is 0.462. The van der Waals surface area contributed by atoms with Gasteiger partial charge in [-0.1, -0.05) is 29.3 Å². The molecule has 0 saturated heterocycles. The number of carbonyl (C=O) groups is 1. The molecule has 18 heavy (non-hydrogen) atoms. The van der Waals surface area contributed by atoms with Gasteiger partial charge in [0, 0.05) is 22.1 Å². The van der Waals surface area contributed by atoms with Crippen molar-refractivity contribution in [3.8, 4) is 0 Å². The molecular weight excluding hydrogens is 273 g/mol. The first-order valence-electron chi connectivity index (χ1n) is 5.93. The quantitative estimate of drug-likeness (QED) is 0.891. The molecule has 1 aromatic rings. The first kappa shape index (κ1) is 13.7. The SMILES string of the molecule is CC(NC1CCC1C(=O)O)c1ccc(Cl)cc1Cl. The minimum atomic E-state index is -0.729. The molecule has 0 spiro atoms. The molecular formula is C13H15Cl2NO2. The molecule has 5 heteroatoms. The van der Waals surface area contributed by atoms with E-state index in [1.54, 1.807) is 12.1 Å². The van der Waals surface area contributed by atoms with Crippen LogP contribution in [0.25, 0.3) is 0 Å². The molecule has 2 N–H and O–H groups in total. The van der Waals surface area contributed by atoms with E-state index in [1.807, 2.05) is 13.0 Å². The van der Waals surface area contributed by atoms with E-state index >= 15 is 0 Å². The zero-order valence-corrected chi connectivity index (χ0v) is 11.5. The van der Waals surface area contributed by atoms with E-state index in [1.165, 1.54) is 0 Å². The van der Waals surface area contributed by atoms with Crippen molar-refractivity contribution in [2.45, 2.75) is 31.8 Å². The van der Waals surface area contributed by atoms with Crippen LogP contribution in [0.1, 0.15) is 31.4 Å². The second kappa shape index (κ2) is 5.47. The highest BCUT2D eigenvalue weighted by Crippen LogP contribution is 2.32. The van der Waals surface area contributed by atoms with Gasteiger partial charge in [-0.15, -0.1) is 0 Å². The lowest BCUT2D eigenvalue weighted by Crippen LogP contribution is -2.48. The number of aliphatic carboxylic acids is 1. The normalized spacial score (nSPS) is 24.4. The molecule has 0 radical (unpaired) electrons. The van der Waals surface area contributed by atoms with E-state index in [-0.39, 0.29) is 18.0 Å². The van der Waals surface area contributed by atoms with Crippen molar-refractivity contribution in [3.05, 3.63) is 33.8 Å². The van der Waals surface area contributed by atoms with E-state index in [2.05, 4.69) is 5.32 Å². The first-order valence-corrected chi connectivity index (χ1v) is 6.68. The van der Waals surface area contributed by atoms with Gasteiger partial charge in [0.1, 0.15) is 0 Å². The third-order valence-electron chi connectivity index (χ3n) is 3.48. The van der Waals surface area contributed by atoms with Crippen molar-refractivity contribution in [3.63, 3.8) is 0 Å². The Bertz CT molecular complexity index is 464. The van der Waals surface area contributed by atoms with Crippen LogP contribution >= 0.6 is 23.2 Å². The fourth-order valence-electron chi connectivity index (χ4n) is 2.26. The van der Waals surface area contributed by atoms with Crippen LogP contribution in [0, 0.1) is 5.92 Å². The summed E-state index contributed by atoms with van der Waals surface area (Å²) in [5.41, 5.74) is 0.942. The van der Waals surface area contributed by atoms with Gasteiger partial charge in [0.2, 0.25) is 0 Å². The van der Waals surface area contributed by atoms with Gasteiger partial charge < -0.3 is 10.4 Å². The van der Waals surface area contributed by atoms with E-state index in [9.17, 15) is 4.79 Å². The molecule has 0 amide bonds. The molecule has 0 heterocycles. The molecule has 3 unspecified atom stereocenters. The van der Waals surface area contributed by atoms with E-state index in [0.29, 0.717) is 10.0 Å². The number of carboxylic acid groups (broad SMARTS) is 1. The van der Waals surface area contributed by atoms with Crippen LogP contribution < -0.4 is 5.32 Å². The molecule has 98 valence electrons. The summed E-state index contributed by atoms with van der Waals surface area (Å²) < 4.78 is 0. The molecule has 3 atom stereocenters. The zero-order chi connectivity index (χ0) is 13.3. The molecule has 0 aliphatic heterocycles. The number of benzene rings is 1. The highest BCUT2D eigenvalue weighted by atomic mass is 35.5. The van der Waals surface area contributed by atoms with Gasteiger partial charge in [-0.05, 0) is 37.5 Å². The number of hydrogen-bond acceptors (Lipinski definition) is 2. The van der Waals surface area contributed by atoms with Crippen molar-refractivity contribution in [2.75, 3.05) is 0 Å². The highest BCUT2D eigenvalue weighted by molar-refractivity contribution is 6.35. The summed E-state index contributed by atoms with van der Waals surface area (Å²) in [4.78, 5) is 10.9. The zero-order valence-electron chi connectivity index (χ0n) is 9.99. The van der Waals surface area contributed by atoms with Crippen molar-refractivity contribution in [1.29, 1.82) is 0 Å². The Morgan fingerprint density at radius 3 is 2.67 bits per heavy atom. The van der Waals surface area contributed by atoms with Gasteiger partial charge >= 0.3 is 5.97 Å². The summed E-state index contributed by atoms with van der Waals surface area (Å²) >= 11 is 12.0. The maximum Gasteiger partial charge on any atom is 0.308 e. The van der Waals surface area contributed by atoms with Gasteiger partial charge in [-0.25, -0.2) is 0 Å². The van der Waals surface area contributed by atoms with E-state index in [4.69, 9.17) is 28.3 Å². The average Bonchev–Trinajstić information content (AvgIpc) is 2.23. The Morgan fingerprint density at radius 2 is 2.17 bits per heavy atom. The van der Waals surface area contributed by atoms with Gasteiger partial charge in [0.25, 0.3) is 0 Å². The third kappa shape index (κ3) is 2.79. The number of nitrogens with one attached hydrogen (secondary N) is 1. The van der Waals surface area contributed by atoms with Crippen LogP contribution in [0.15, 0.2) is 18.2 Å². The Balaban J connectivity index is 2.03. The van der Waals surface area contributed by atoms with Gasteiger partial charge in [0.05, 0.1) is 5.92 Å². The predicted molar refractivity (Wildman–Crippen MR) is 72.2 cm³/mol. The molecule has 1 fully saturated rings. The molecule has 1 saturated carbocycles. The Morgan fingerprint density at radius 1 is 1.44 bits per heavy atom. The Kier molecular flexibility index (Phi) is 4.15. The van der Waals surface area contributed by atoms with E-state index in [0.717, 1.165) is 18.4 Å². The van der Waals surface area contributed by atoms with Gasteiger partial charge in [-0.3, -0.25) is 4.79 Å². The molecule has 1 aliphatic rings. The molecule has 0 aromatic heterocycles. The number of hydrogen-bond donors (Lipinski definition) is 2. The van der Waals surface area contributed by atoms with Crippen molar-refractivity contribution >= 4 is 29.2 Å². The summed E-state index contributed by atoms with van der Waals surface area (Å²) in [7, 11) is 0. The van der Waals surface area contributed by atoms with Crippen molar-refractivity contribution in [2.24, 2.45) is 5.92 Å². The fourth-order valence-corrected chi connectivity index (χ4v) is 2.83. The van der Waals surface area contributed by atoms with Crippen LogP contribution in [0.4, 0.5) is 0 Å². The van der Waals surface area contributed by atoms with Gasteiger partial charge in [0.15, 0.2) is 0 Å². The van der Waals surface area contributed by atoms with Crippen LogP contribution in [0.3, 0.4) is 0 Å². The maximum absolute atomic E-state index is 10.9.